The van der Waals surface area contributed by atoms with Crippen molar-refractivity contribution in [2.45, 2.75) is 24.0 Å². The van der Waals surface area contributed by atoms with Crippen LogP contribution in [0.15, 0.2) is 23.1 Å². The van der Waals surface area contributed by atoms with Gasteiger partial charge in [0.2, 0.25) is 0 Å². The molecule has 1 unspecified atom stereocenters. The first kappa shape index (κ1) is 14.7. The number of sulfone groups is 1. The molecule has 0 spiro atoms. The highest BCUT2D eigenvalue weighted by molar-refractivity contribution is 7.92. The zero-order valence-electron chi connectivity index (χ0n) is 10.5. The van der Waals surface area contributed by atoms with Crippen LogP contribution in [-0.2, 0) is 14.6 Å². The highest BCUT2D eigenvalue weighted by Gasteiger charge is 2.26. The molecule has 0 bridgehead atoms. The predicted molar refractivity (Wildman–Crippen MR) is 66.7 cm³/mol. The summed E-state index contributed by atoms with van der Waals surface area (Å²) in [6, 6.07) is 4.24. The summed E-state index contributed by atoms with van der Waals surface area (Å²) in [5.74, 6) is -1.14. The number of carbonyl (C=O) groups is 1. The summed E-state index contributed by atoms with van der Waals surface area (Å²) in [4.78, 5) is 11.0. The van der Waals surface area contributed by atoms with Crippen molar-refractivity contribution in [1.82, 2.24) is 0 Å². The second kappa shape index (κ2) is 5.49. The summed E-state index contributed by atoms with van der Waals surface area (Å²) in [6.07, 6.45) is 0. The molecule has 0 saturated heterocycles. The molecular formula is C12H16O5S. The van der Waals surface area contributed by atoms with E-state index in [9.17, 15) is 13.2 Å². The van der Waals surface area contributed by atoms with Crippen molar-refractivity contribution in [3.63, 3.8) is 0 Å². The second-order valence-electron chi connectivity index (χ2n) is 4.04. The average molecular weight is 272 g/mol. The highest BCUT2D eigenvalue weighted by atomic mass is 32.2. The Bertz CT molecular complexity index is 548. The molecule has 6 heteroatoms. The van der Waals surface area contributed by atoms with Crippen LogP contribution < -0.4 is 0 Å². The Balaban J connectivity index is 3.34. The number of hydrogen-bond acceptors (Lipinski definition) is 4. The van der Waals surface area contributed by atoms with Crippen LogP contribution in [0, 0.1) is 6.92 Å². The average Bonchev–Trinajstić information content (AvgIpc) is 2.28. The van der Waals surface area contributed by atoms with Gasteiger partial charge in [-0.25, -0.2) is 13.2 Å². The monoisotopic (exact) mass is 272 g/mol. The van der Waals surface area contributed by atoms with Gasteiger partial charge < -0.3 is 9.84 Å². The van der Waals surface area contributed by atoms with Gasteiger partial charge in [-0.1, -0.05) is 6.07 Å². The van der Waals surface area contributed by atoms with E-state index in [1.54, 1.807) is 0 Å². The van der Waals surface area contributed by atoms with Crippen LogP contribution >= 0.6 is 0 Å². The molecule has 0 amide bonds. The Morgan fingerprint density at radius 1 is 1.44 bits per heavy atom. The molecule has 0 saturated carbocycles. The van der Waals surface area contributed by atoms with E-state index in [1.807, 2.05) is 0 Å². The third kappa shape index (κ3) is 2.70. The number of aromatic carboxylic acids is 1. The zero-order valence-corrected chi connectivity index (χ0v) is 11.3. The molecule has 1 N–H and O–H groups in total. The van der Waals surface area contributed by atoms with Gasteiger partial charge >= 0.3 is 5.97 Å². The maximum Gasteiger partial charge on any atom is 0.335 e. The number of rotatable bonds is 5. The minimum atomic E-state index is -3.58. The van der Waals surface area contributed by atoms with Crippen LogP contribution in [0.25, 0.3) is 0 Å². The topological polar surface area (TPSA) is 80.7 Å². The lowest BCUT2D eigenvalue weighted by Gasteiger charge is -2.14. The molecule has 1 aromatic rings. The van der Waals surface area contributed by atoms with E-state index >= 15 is 0 Å². The second-order valence-corrected chi connectivity index (χ2v) is 6.38. The number of hydrogen-bond donors (Lipinski definition) is 1. The minimum absolute atomic E-state index is 0.000641. The summed E-state index contributed by atoms with van der Waals surface area (Å²) in [5.41, 5.74) is 0.258. The van der Waals surface area contributed by atoms with Crippen molar-refractivity contribution in [1.29, 1.82) is 0 Å². The maximum absolute atomic E-state index is 12.2. The Morgan fingerprint density at radius 3 is 2.56 bits per heavy atom. The van der Waals surface area contributed by atoms with Gasteiger partial charge in [0.15, 0.2) is 9.84 Å². The van der Waals surface area contributed by atoms with Crippen LogP contribution in [0.3, 0.4) is 0 Å². The maximum atomic E-state index is 12.2. The first-order valence-electron chi connectivity index (χ1n) is 5.38. The molecule has 1 aromatic carbocycles. The number of ether oxygens (including phenoxy) is 1. The molecule has 18 heavy (non-hydrogen) atoms. The van der Waals surface area contributed by atoms with Gasteiger partial charge in [-0.3, -0.25) is 0 Å². The molecule has 100 valence electrons. The van der Waals surface area contributed by atoms with Crippen molar-refractivity contribution in [3.8, 4) is 0 Å². The summed E-state index contributed by atoms with van der Waals surface area (Å²) in [7, 11) is -2.15. The first-order valence-corrected chi connectivity index (χ1v) is 6.92. The number of carboxylic acid groups (broad SMARTS) is 1. The SMILES string of the molecule is COCC(C)S(=O)(=O)c1cccc(C(=O)O)c1C. The summed E-state index contributed by atoms with van der Waals surface area (Å²) >= 11 is 0. The van der Waals surface area contributed by atoms with Gasteiger partial charge in [-0.05, 0) is 31.5 Å². The van der Waals surface area contributed by atoms with Crippen molar-refractivity contribution in [2.75, 3.05) is 13.7 Å². The fraction of sp³-hybridized carbons (Fsp3) is 0.417. The predicted octanol–water partition coefficient (Wildman–Crippen LogP) is 1.50. The van der Waals surface area contributed by atoms with Crippen molar-refractivity contribution >= 4 is 15.8 Å². The van der Waals surface area contributed by atoms with E-state index in [0.717, 1.165) is 0 Å². The minimum Gasteiger partial charge on any atom is -0.478 e. The van der Waals surface area contributed by atoms with E-state index in [1.165, 1.54) is 39.2 Å². The molecule has 0 aromatic heterocycles. The molecule has 0 heterocycles. The van der Waals surface area contributed by atoms with E-state index < -0.39 is 21.1 Å². The number of benzene rings is 1. The largest absolute Gasteiger partial charge is 0.478 e. The normalized spacial score (nSPS) is 13.3. The van der Waals surface area contributed by atoms with Crippen LogP contribution in [0.1, 0.15) is 22.8 Å². The van der Waals surface area contributed by atoms with E-state index in [2.05, 4.69) is 0 Å². The first-order chi connectivity index (χ1) is 8.32. The van der Waals surface area contributed by atoms with Gasteiger partial charge in [0.05, 0.1) is 22.3 Å². The van der Waals surface area contributed by atoms with Crippen molar-refractivity contribution < 1.29 is 23.1 Å². The molecular weight excluding hydrogens is 256 g/mol. The smallest absolute Gasteiger partial charge is 0.335 e. The van der Waals surface area contributed by atoms with Crippen LogP contribution in [0.2, 0.25) is 0 Å². The fourth-order valence-corrected chi connectivity index (χ4v) is 3.25. The lowest BCUT2D eigenvalue weighted by Crippen LogP contribution is -2.24. The van der Waals surface area contributed by atoms with Gasteiger partial charge in [-0.2, -0.15) is 0 Å². The van der Waals surface area contributed by atoms with Crippen LogP contribution in [0.5, 0.6) is 0 Å². The lowest BCUT2D eigenvalue weighted by atomic mass is 10.1. The van der Waals surface area contributed by atoms with Gasteiger partial charge in [0, 0.05) is 7.11 Å². The quantitative estimate of drug-likeness (QED) is 0.878. The highest BCUT2D eigenvalue weighted by Crippen LogP contribution is 2.23. The molecule has 0 aliphatic heterocycles. The summed E-state index contributed by atoms with van der Waals surface area (Å²) in [5, 5.41) is 8.26. The molecule has 0 fully saturated rings. The van der Waals surface area contributed by atoms with Crippen LogP contribution in [-0.4, -0.2) is 38.5 Å². The molecule has 1 atom stereocenters. The third-order valence-electron chi connectivity index (χ3n) is 2.75. The molecule has 1 rings (SSSR count). The van der Waals surface area contributed by atoms with Gasteiger partial charge in [-0.15, -0.1) is 0 Å². The molecule has 0 radical (unpaired) electrons. The molecule has 0 aliphatic rings. The van der Waals surface area contributed by atoms with E-state index in [0.29, 0.717) is 0 Å². The summed E-state index contributed by atoms with van der Waals surface area (Å²) in [6.45, 7) is 3.10. The lowest BCUT2D eigenvalue weighted by molar-refractivity contribution is 0.0696. The number of methoxy groups -OCH3 is 1. The Labute approximate surface area is 106 Å². The van der Waals surface area contributed by atoms with E-state index in [4.69, 9.17) is 9.84 Å². The fourth-order valence-electron chi connectivity index (χ4n) is 1.70. The van der Waals surface area contributed by atoms with Crippen molar-refractivity contribution in [2.24, 2.45) is 0 Å². The summed E-state index contributed by atoms with van der Waals surface area (Å²) < 4.78 is 29.3. The standard InChI is InChI=1S/C12H16O5S/c1-8(7-17-3)18(15,16)11-6-4-5-10(9(11)2)12(13)14/h4-6,8H,7H2,1-3H3,(H,13,14). The third-order valence-corrected chi connectivity index (χ3v) is 5.00. The number of carboxylic acids is 1. The van der Waals surface area contributed by atoms with E-state index in [-0.39, 0.29) is 22.6 Å². The Hall–Kier alpha value is -1.40. The van der Waals surface area contributed by atoms with Crippen LogP contribution in [0.4, 0.5) is 0 Å². The Morgan fingerprint density at radius 2 is 2.06 bits per heavy atom. The van der Waals surface area contributed by atoms with Crippen molar-refractivity contribution in [3.05, 3.63) is 29.3 Å². The Kier molecular flexibility index (Phi) is 4.48. The van der Waals surface area contributed by atoms with Gasteiger partial charge in [0.1, 0.15) is 0 Å². The van der Waals surface area contributed by atoms with Gasteiger partial charge in [0.25, 0.3) is 0 Å². The molecule has 0 aliphatic carbocycles. The zero-order chi connectivity index (χ0) is 13.9. The molecule has 5 nitrogen and oxygen atoms in total.